The highest BCUT2D eigenvalue weighted by Crippen LogP contribution is 2.57. The Morgan fingerprint density at radius 1 is 1.21 bits per heavy atom. The van der Waals surface area contributed by atoms with Crippen molar-refractivity contribution in [2.45, 2.75) is 56.7 Å². The molecule has 204 valence electrons. The molecule has 3 heterocycles. The second-order valence-electron chi connectivity index (χ2n) is 11.7. The average Bonchev–Trinajstić information content (AvgIpc) is 3.28. The Balaban J connectivity index is 1.64. The van der Waals surface area contributed by atoms with E-state index < -0.39 is 35.9 Å². The summed E-state index contributed by atoms with van der Waals surface area (Å²) in [4.78, 5) is 29.8. The smallest absolute Gasteiger partial charge is 0.238 e. The van der Waals surface area contributed by atoms with E-state index in [1.54, 1.807) is 30.3 Å². The van der Waals surface area contributed by atoms with Crippen LogP contribution < -0.4 is 16.0 Å². The van der Waals surface area contributed by atoms with Gasteiger partial charge in [-0.3, -0.25) is 14.5 Å². The summed E-state index contributed by atoms with van der Waals surface area (Å²) in [5, 5.41) is 9.86. The van der Waals surface area contributed by atoms with Crippen molar-refractivity contribution in [1.82, 2.24) is 15.5 Å². The van der Waals surface area contributed by atoms with Gasteiger partial charge in [-0.1, -0.05) is 62.2 Å². The van der Waals surface area contributed by atoms with E-state index in [9.17, 15) is 14.0 Å². The second kappa shape index (κ2) is 10.0. The first-order chi connectivity index (χ1) is 18.0. The van der Waals surface area contributed by atoms with Gasteiger partial charge in [0.1, 0.15) is 17.9 Å². The predicted octanol–water partition coefficient (Wildman–Crippen LogP) is 4.65. The molecular formula is C28H32Cl2F2N4O2. The van der Waals surface area contributed by atoms with Crippen molar-refractivity contribution in [2.24, 2.45) is 5.41 Å². The van der Waals surface area contributed by atoms with Crippen LogP contribution in [0.2, 0.25) is 10.0 Å². The van der Waals surface area contributed by atoms with Crippen molar-refractivity contribution in [3.63, 3.8) is 0 Å². The topological polar surface area (TPSA) is 73.5 Å². The Bertz CT molecular complexity index is 1260. The normalized spacial score (nSPS) is 27.3. The lowest BCUT2D eigenvalue weighted by atomic mass is 9.62. The summed E-state index contributed by atoms with van der Waals surface area (Å²) in [6, 6.07) is 8.32. The van der Waals surface area contributed by atoms with Gasteiger partial charge in [-0.25, -0.2) is 8.78 Å². The zero-order valence-electron chi connectivity index (χ0n) is 21.6. The van der Waals surface area contributed by atoms with E-state index in [0.717, 1.165) is 0 Å². The summed E-state index contributed by atoms with van der Waals surface area (Å²) >= 11 is 12.5. The Hall–Kier alpha value is -2.26. The number of carbonyl (C=O) groups excluding carboxylic acids is 2. The first kappa shape index (κ1) is 27.3. The monoisotopic (exact) mass is 564 g/mol. The van der Waals surface area contributed by atoms with Crippen LogP contribution in [0.15, 0.2) is 36.4 Å². The average molecular weight is 565 g/mol. The van der Waals surface area contributed by atoms with E-state index in [4.69, 9.17) is 23.2 Å². The maximum Gasteiger partial charge on any atom is 0.238 e. The van der Waals surface area contributed by atoms with E-state index in [-0.39, 0.29) is 33.9 Å². The number of benzene rings is 2. The fourth-order valence-electron chi connectivity index (χ4n) is 6.41. The molecule has 2 fully saturated rings. The molecule has 0 aromatic heterocycles. The third-order valence-electron chi connectivity index (χ3n) is 7.93. The molecule has 5 rings (SSSR count). The number of alkyl halides is 1. The molecular weight excluding hydrogens is 533 g/mol. The van der Waals surface area contributed by atoms with Gasteiger partial charge in [0.15, 0.2) is 0 Å². The molecule has 3 aliphatic heterocycles. The zero-order valence-corrected chi connectivity index (χ0v) is 23.1. The van der Waals surface area contributed by atoms with Gasteiger partial charge < -0.3 is 16.0 Å². The molecule has 0 bridgehead atoms. The maximum absolute atomic E-state index is 15.7. The second-order valence-corrected chi connectivity index (χ2v) is 12.6. The Morgan fingerprint density at radius 2 is 1.95 bits per heavy atom. The number of fused-ring (bicyclic) bond motifs is 2. The summed E-state index contributed by atoms with van der Waals surface area (Å²) in [5.41, 5.74) is -0.0829. The molecule has 0 aliphatic carbocycles. The molecule has 0 radical (unpaired) electrons. The van der Waals surface area contributed by atoms with Gasteiger partial charge in [0.25, 0.3) is 0 Å². The molecule has 6 nitrogen and oxygen atoms in total. The van der Waals surface area contributed by atoms with Crippen molar-refractivity contribution >= 4 is 40.7 Å². The number of halogens is 4. The van der Waals surface area contributed by atoms with Crippen LogP contribution in [0.25, 0.3) is 0 Å². The fraction of sp³-hybridized carbons (Fsp3) is 0.500. The molecule has 4 unspecified atom stereocenters. The summed E-state index contributed by atoms with van der Waals surface area (Å²) in [7, 11) is 0. The molecule has 38 heavy (non-hydrogen) atoms. The van der Waals surface area contributed by atoms with Crippen LogP contribution in [0.5, 0.6) is 0 Å². The third-order valence-corrected chi connectivity index (χ3v) is 8.45. The number of rotatable bonds is 6. The van der Waals surface area contributed by atoms with Gasteiger partial charge in [0, 0.05) is 42.3 Å². The van der Waals surface area contributed by atoms with Gasteiger partial charge in [0.2, 0.25) is 11.8 Å². The summed E-state index contributed by atoms with van der Waals surface area (Å²) in [5.74, 6) is -2.18. The number of hydrogen-bond donors (Lipinski definition) is 3. The van der Waals surface area contributed by atoms with Gasteiger partial charge >= 0.3 is 0 Å². The summed E-state index contributed by atoms with van der Waals surface area (Å²) < 4.78 is 28.5. The van der Waals surface area contributed by atoms with E-state index >= 15 is 4.39 Å². The molecule has 4 atom stereocenters. The first-order valence-corrected chi connectivity index (χ1v) is 13.6. The number of nitrogens with zero attached hydrogens (tertiary/aromatic N) is 1. The highest BCUT2D eigenvalue weighted by atomic mass is 35.5. The van der Waals surface area contributed by atoms with E-state index in [2.05, 4.69) is 36.7 Å². The molecule has 10 heteroatoms. The highest BCUT2D eigenvalue weighted by molar-refractivity contribution is 6.31. The van der Waals surface area contributed by atoms with Crippen LogP contribution in [-0.4, -0.2) is 61.1 Å². The van der Waals surface area contributed by atoms with E-state index in [1.807, 2.05) is 4.90 Å². The molecule has 2 saturated heterocycles. The lowest BCUT2D eigenvalue weighted by Gasteiger charge is -2.40. The molecule has 0 saturated carbocycles. The van der Waals surface area contributed by atoms with Crippen LogP contribution in [0.4, 0.5) is 14.5 Å². The van der Waals surface area contributed by atoms with Crippen LogP contribution in [0.3, 0.4) is 0 Å². The van der Waals surface area contributed by atoms with Crippen LogP contribution in [0, 0.1) is 11.2 Å². The predicted molar refractivity (Wildman–Crippen MR) is 145 cm³/mol. The van der Waals surface area contributed by atoms with E-state index in [0.29, 0.717) is 42.3 Å². The van der Waals surface area contributed by atoms with Crippen LogP contribution >= 0.6 is 23.2 Å². The molecule has 2 aromatic carbocycles. The SMILES string of the molecule is CC(C)(C)CC1NC(C(=O)NC2CN(CCF)C2)C(c2cccc(Cl)c2F)C12C(=O)Nc1cc(Cl)ccc12. The van der Waals surface area contributed by atoms with Crippen LogP contribution in [0.1, 0.15) is 44.2 Å². The minimum absolute atomic E-state index is 0.0772. The van der Waals surface area contributed by atoms with Crippen molar-refractivity contribution in [1.29, 1.82) is 0 Å². The Labute approximate surface area is 231 Å². The maximum atomic E-state index is 15.7. The number of amides is 2. The number of anilines is 1. The summed E-state index contributed by atoms with van der Waals surface area (Å²) in [6.45, 7) is 7.14. The van der Waals surface area contributed by atoms with Gasteiger partial charge in [-0.2, -0.15) is 0 Å². The first-order valence-electron chi connectivity index (χ1n) is 12.9. The van der Waals surface area contributed by atoms with E-state index in [1.165, 1.54) is 6.07 Å². The number of hydrogen-bond acceptors (Lipinski definition) is 4. The Morgan fingerprint density at radius 3 is 2.63 bits per heavy atom. The molecule has 2 aromatic rings. The van der Waals surface area contributed by atoms with Gasteiger partial charge in [0.05, 0.1) is 17.1 Å². The third kappa shape index (κ3) is 4.59. The van der Waals surface area contributed by atoms with Crippen molar-refractivity contribution in [3.8, 4) is 0 Å². The highest BCUT2D eigenvalue weighted by Gasteiger charge is 2.66. The molecule has 3 N–H and O–H groups in total. The summed E-state index contributed by atoms with van der Waals surface area (Å²) in [6.07, 6.45) is 0.540. The lowest BCUT2D eigenvalue weighted by Crippen LogP contribution is -2.62. The number of likely N-dealkylation sites (tertiary alicyclic amines) is 1. The van der Waals surface area contributed by atoms with Crippen molar-refractivity contribution < 1.29 is 18.4 Å². The molecule has 2 amide bonds. The zero-order chi connectivity index (χ0) is 27.4. The quantitative estimate of drug-likeness (QED) is 0.477. The van der Waals surface area contributed by atoms with Gasteiger partial charge in [-0.05, 0) is 41.2 Å². The van der Waals surface area contributed by atoms with Crippen molar-refractivity contribution in [2.75, 3.05) is 31.6 Å². The van der Waals surface area contributed by atoms with Crippen molar-refractivity contribution in [3.05, 3.63) is 63.4 Å². The molecule has 1 spiro atoms. The molecule has 3 aliphatic rings. The number of carbonyl (C=O) groups is 2. The standard InChI is InChI=1S/C28H32Cl2F2N4O2/c1-27(2,3)12-21-28(18-8-7-15(29)11-20(18)34-26(28)38)22(17-5-4-6-19(30)23(17)32)24(35-21)25(37)33-16-13-36(14-16)10-9-31/h4-8,11,16,21-22,24,35H,9-10,12-14H2,1-3H3,(H,33,37)(H,34,38). The minimum atomic E-state index is -1.29. The Kier molecular flexibility index (Phi) is 7.22. The minimum Gasteiger partial charge on any atom is -0.349 e. The van der Waals surface area contributed by atoms with Crippen LogP contribution in [-0.2, 0) is 15.0 Å². The largest absolute Gasteiger partial charge is 0.349 e. The number of nitrogens with one attached hydrogen (secondary N) is 3. The van der Waals surface area contributed by atoms with Gasteiger partial charge in [-0.15, -0.1) is 0 Å². The fourth-order valence-corrected chi connectivity index (χ4v) is 6.76. The lowest BCUT2D eigenvalue weighted by molar-refractivity contribution is -0.125.